The molecule has 0 bridgehead atoms. The number of methoxy groups -OCH3 is 1. The Bertz CT molecular complexity index is 1210. The SMILES string of the molecule is COc1cc(/C=C(/C#N)C(=O)Nc2cccc(Br)c2)cc(I)c1OCc1ccc(F)cc1. The highest BCUT2D eigenvalue weighted by molar-refractivity contribution is 14.1. The first-order valence-electron chi connectivity index (χ1n) is 9.33. The highest BCUT2D eigenvalue weighted by Crippen LogP contribution is 2.35. The van der Waals surface area contributed by atoms with Crippen LogP contribution in [0.4, 0.5) is 10.1 Å². The number of carbonyl (C=O) groups excluding carboxylic acids is 1. The van der Waals surface area contributed by atoms with Crippen molar-refractivity contribution in [3.8, 4) is 17.6 Å². The molecule has 0 saturated heterocycles. The zero-order valence-electron chi connectivity index (χ0n) is 16.9. The third-order valence-corrected chi connectivity index (χ3v) is 5.60. The van der Waals surface area contributed by atoms with Gasteiger partial charge in [0.05, 0.1) is 10.7 Å². The van der Waals surface area contributed by atoms with Gasteiger partial charge >= 0.3 is 0 Å². The first-order valence-corrected chi connectivity index (χ1v) is 11.2. The van der Waals surface area contributed by atoms with E-state index in [4.69, 9.17) is 9.47 Å². The Labute approximate surface area is 207 Å². The van der Waals surface area contributed by atoms with E-state index in [1.54, 1.807) is 42.5 Å². The van der Waals surface area contributed by atoms with E-state index in [-0.39, 0.29) is 18.0 Å². The van der Waals surface area contributed by atoms with Gasteiger partial charge in [0.15, 0.2) is 11.5 Å². The van der Waals surface area contributed by atoms with Crippen molar-refractivity contribution in [2.45, 2.75) is 6.61 Å². The zero-order valence-corrected chi connectivity index (χ0v) is 20.6. The first-order chi connectivity index (χ1) is 15.4. The summed E-state index contributed by atoms with van der Waals surface area (Å²) < 4.78 is 26.0. The van der Waals surface area contributed by atoms with Crippen molar-refractivity contribution in [2.24, 2.45) is 0 Å². The van der Waals surface area contributed by atoms with Gasteiger partial charge < -0.3 is 14.8 Å². The molecule has 0 heterocycles. The highest BCUT2D eigenvalue weighted by atomic mass is 127. The number of ether oxygens (including phenoxy) is 2. The van der Waals surface area contributed by atoms with Crippen LogP contribution in [0, 0.1) is 20.7 Å². The zero-order chi connectivity index (χ0) is 23.1. The molecular formula is C24H17BrFIN2O3. The summed E-state index contributed by atoms with van der Waals surface area (Å²) in [6.45, 7) is 0.236. The smallest absolute Gasteiger partial charge is 0.266 e. The molecule has 8 heteroatoms. The first kappa shape index (κ1) is 23.8. The summed E-state index contributed by atoms with van der Waals surface area (Å²) in [5, 5.41) is 12.2. The highest BCUT2D eigenvalue weighted by Gasteiger charge is 2.14. The topological polar surface area (TPSA) is 71.3 Å². The van der Waals surface area contributed by atoms with E-state index in [1.165, 1.54) is 25.3 Å². The molecular weight excluding hydrogens is 590 g/mol. The summed E-state index contributed by atoms with van der Waals surface area (Å²) in [4.78, 5) is 12.5. The second kappa shape index (κ2) is 11.1. The van der Waals surface area contributed by atoms with E-state index in [9.17, 15) is 14.4 Å². The van der Waals surface area contributed by atoms with E-state index in [0.29, 0.717) is 22.7 Å². The van der Waals surface area contributed by atoms with Crippen LogP contribution >= 0.6 is 38.5 Å². The lowest BCUT2D eigenvalue weighted by Gasteiger charge is -2.14. The predicted molar refractivity (Wildman–Crippen MR) is 133 cm³/mol. The minimum atomic E-state index is -0.517. The van der Waals surface area contributed by atoms with Crippen molar-refractivity contribution in [1.82, 2.24) is 0 Å². The van der Waals surface area contributed by atoms with Crippen LogP contribution < -0.4 is 14.8 Å². The second-order valence-electron chi connectivity index (χ2n) is 6.58. The van der Waals surface area contributed by atoms with Gasteiger partial charge in [0.25, 0.3) is 5.91 Å². The Kier molecular flexibility index (Phi) is 8.25. The lowest BCUT2D eigenvalue weighted by atomic mass is 10.1. The van der Waals surface area contributed by atoms with Gasteiger partial charge in [-0.05, 0) is 82.3 Å². The van der Waals surface area contributed by atoms with Gasteiger partial charge in [-0.1, -0.05) is 34.1 Å². The molecule has 0 saturated carbocycles. The minimum Gasteiger partial charge on any atom is -0.493 e. The van der Waals surface area contributed by atoms with E-state index in [2.05, 4.69) is 43.8 Å². The van der Waals surface area contributed by atoms with Gasteiger partial charge in [-0.25, -0.2) is 4.39 Å². The number of amides is 1. The molecule has 3 rings (SSSR count). The van der Waals surface area contributed by atoms with Crippen LogP contribution in [0.15, 0.2) is 70.7 Å². The van der Waals surface area contributed by atoms with Crippen molar-refractivity contribution in [2.75, 3.05) is 12.4 Å². The average Bonchev–Trinajstić information content (AvgIpc) is 2.77. The van der Waals surface area contributed by atoms with Gasteiger partial charge in [-0.15, -0.1) is 0 Å². The summed E-state index contributed by atoms with van der Waals surface area (Å²) in [5.41, 5.74) is 1.94. The Morgan fingerprint density at radius 2 is 1.97 bits per heavy atom. The maximum absolute atomic E-state index is 13.1. The summed E-state index contributed by atoms with van der Waals surface area (Å²) in [7, 11) is 1.51. The number of halogens is 3. The van der Waals surface area contributed by atoms with Crippen LogP contribution in [-0.2, 0) is 11.4 Å². The van der Waals surface area contributed by atoms with Crippen molar-refractivity contribution in [1.29, 1.82) is 5.26 Å². The molecule has 3 aromatic carbocycles. The molecule has 3 aromatic rings. The molecule has 0 aliphatic carbocycles. The quantitative estimate of drug-likeness (QED) is 0.194. The van der Waals surface area contributed by atoms with Crippen LogP contribution in [0.5, 0.6) is 11.5 Å². The molecule has 0 radical (unpaired) electrons. The Hall–Kier alpha value is -2.90. The largest absolute Gasteiger partial charge is 0.493 e. The third-order valence-electron chi connectivity index (χ3n) is 4.31. The molecule has 162 valence electrons. The van der Waals surface area contributed by atoms with Crippen molar-refractivity contribution >= 4 is 56.2 Å². The molecule has 0 atom stereocenters. The monoisotopic (exact) mass is 606 g/mol. The van der Waals surface area contributed by atoms with Gasteiger partial charge in [-0.3, -0.25) is 4.79 Å². The molecule has 0 spiro atoms. The molecule has 1 N–H and O–H groups in total. The normalized spacial score (nSPS) is 10.9. The molecule has 0 fully saturated rings. The average molecular weight is 607 g/mol. The Morgan fingerprint density at radius 1 is 1.22 bits per heavy atom. The Morgan fingerprint density at radius 3 is 2.62 bits per heavy atom. The number of rotatable bonds is 7. The number of hydrogen-bond donors (Lipinski definition) is 1. The van der Waals surface area contributed by atoms with Gasteiger partial charge in [-0.2, -0.15) is 5.26 Å². The molecule has 5 nitrogen and oxygen atoms in total. The number of benzene rings is 3. The fourth-order valence-electron chi connectivity index (χ4n) is 2.78. The molecule has 1 amide bonds. The van der Waals surface area contributed by atoms with Gasteiger partial charge in [0.1, 0.15) is 24.1 Å². The van der Waals surface area contributed by atoms with E-state index >= 15 is 0 Å². The number of nitrogens with one attached hydrogen (secondary N) is 1. The van der Waals surface area contributed by atoms with Gasteiger partial charge in [0.2, 0.25) is 0 Å². The molecule has 0 aliphatic rings. The third kappa shape index (κ3) is 6.31. The van der Waals surface area contributed by atoms with Crippen LogP contribution in [0.25, 0.3) is 6.08 Å². The van der Waals surface area contributed by atoms with Crippen molar-refractivity contribution < 1.29 is 18.7 Å². The van der Waals surface area contributed by atoms with Crippen LogP contribution in [0.3, 0.4) is 0 Å². The maximum atomic E-state index is 13.1. The Balaban J connectivity index is 1.81. The molecule has 0 unspecified atom stereocenters. The number of hydrogen-bond acceptors (Lipinski definition) is 4. The van der Waals surface area contributed by atoms with Crippen molar-refractivity contribution in [3.63, 3.8) is 0 Å². The van der Waals surface area contributed by atoms with Crippen LogP contribution in [0.1, 0.15) is 11.1 Å². The fourth-order valence-corrected chi connectivity index (χ4v) is 3.96. The molecule has 0 aliphatic heterocycles. The number of carbonyl (C=O) groups is 1. The second-order valence-corrected chi connectivity index (χ2v) is 8.66. The fraction of sp³-hybridized carbons (Fsp3) is 0.0833. The van der Waals surface area contributed by atoms with Crippen LogP contribution in [0.2, 0.25) is 0 Å². The van der Waals surface area contributed by atoms with Crippen molar-refractivity contribution in [3.05, 3.63) is 91.2 Å². The van der Waals surface area contributed by atoms with E-state index < -0.39 is 5.91 Å². The number of nitriles is 1. The summed E-state index contributed by atoms with van der Waals surface area (Å²) >= 11 is 5.45. The van der Waals surface area contributed by atoms with Gasteiger partial charge in [0, 0.05) is 10.2 Å². The van der Waals surface area contributed by atoms with E-state index in [1.807, 2.05) is 12.1 Å². The lowest BCUT2D eigenvalue weighted by molar-refractivity contribution is -0.112. The summed E-state index contributed by atoms with van der Waals surface area (Å²) in [5.74, 6) is 0.145. The molecule has 32 heavy (non-hydrogen) atoms. The maximum Gasteiger partial charge on any atom is 0.266 e. The lowest BCUT2D eigenvalue weighted by Crippen LogP contribution is -2.13. The predicted octanol–water partition coefficient (Wildman–Crippen LogP) is 6.33. The standard InChI is InChI=1S/C24H17BrFIN2O3/c1-31-22-11-16(9-17(13-28)24(30)29-20-4-2-3-18(25)12-20)10-21(27)23(22)32-14-15-5-7-19(26)8-6-15/h2-12H,14H2,1H3,(H,29,30)/b17-9-. The number of nitrogens with zero attached hydrogens (tertiary/aromatic N) is 1. The van der Waals surface area contributed by atoms with E-state index in [0.717, 1.165) is 13.6 Å². The van der Waals surface area contributed by atoms with Crippen LogP contribution in [-0.4, -0.2) is 13.0 Å². The number of anilines is 1. The summed E-state index contributed by atoms with van der Waals surface area (Å²) in [6.07, 6.45) is 1.49. The molecule has 0 aromatic heterocycles. The summed E-state index contributed by atoms with van der Waals surface area (Å²) in [6, 6.07) is 18.5. The minimum absolute atomic E-state index is 0.0530.